The molecule has 0 spiro atoms. The van der Waals surface area contributed by atoms with Gasteiger partial charge in [-0.05, 0) is 30.3 Å². The molecule has 4 nitrogen and oxygen atoms in total. The van der Waals surface area contributed by atoms with Gasteiger partial charge in [0.1, 0.15) is 4.99 Å². The van der Waals surface area contributed by atoms with Crippen molar-refractivity contribution < 1.29 is 8.42 Å². The quantitative estimate of drug-likeness (QED) is 0.763. The van der Waals surface area contributed by atoms with Crippen molar-refractivity contribution in [3.8, 4) is 0 Å². The minimum atomic E-state index is -3.73. The fourth-order valence-corrected chi connectivity index (χ4v) is 3.37. The van der Waals surface area contributed by atoms with Gasteiger partial charge >= 0.3 is 0 Å². The van der Waals surface area contributed by atoms with Crippen LogP contribution in [0.5, 0.6) is 0 Å². The van der Waals surface area contributed by atoms with E-state index in [0.717, 1.165) is 0 Å². The summed E-state index contributed by atoms with van der Waals surface area (Å²) in [6.07, 6.45) is 0. The Morgan fingerprint density at radius 3 is 2.38 bits per heavy atom. The molecule has 0 aromatic heterocycles. The minimum absolute atomic E-state index is 0.0959. The molecule has 0 atom stereocenters. The normalized spacial score (nSPS) is 11.1. The number of nitrogens with two attached hydrogens (primary N) is 1. The van der Waals surface area contributed by atoms with Crippen LogP contribution in [0.2, 0.25) is 5.02 Å². The third-order valence-corrected chi connectivity index (χ3v) is 5.06. The van der Waals surface area contributed by atoms with E-state index in [1.54, 1.807) is 30.3 Å². The highest BCUT2D eigenvalue weighted by Crippen LogP contribution is 2.28. The lowest BCUT2D eigenvalue weighted by Gasteiger charge is -2.10. The van der Waals surface area contributed by atoms with Crippen LogP contribution in [0.3, 0.4) is 0 Å². The second-order valence-corrected chi connectivity index (χ2v) is 7.56. The van der Waals surface area contributed by atoms with Crippen LogP contribution in [0.15, 0.2) is 51.8 Å². The monoisotopic (exact) mass is 404 g/mol. The van der Waals surface area contributed by atoms with Gasteiger partial charge in [-0.15, -0.1) is 0 Å². The third-order valence-electron chi connectivity index (χ3n) is 2.62. The summed E-state index contributed by atoms with van der Waals surface area (Å²) in [6.45, 7) is 0. The van der Waals surface area contributed by atoms with E-state index >= 15 is 0 Å². The first-order valence-electron chi connectivity index (χ1n) is 5.67. The van der Waals surface area contributed by atoms with Gasteiger partial charge in [0.05, 0.1) is 15.6 Å². The number of nitrogens with one attached hydrogen (secondary N) is 1. The van der Waals surface area contributed by atoms with Crippen LogP contribution in [0.4, 0.5) is 5.69 Å². The molecule has 0 aliphatic carbocycles. The predicted molar refractivity (Wildman–Crippen MR) is 92.3 cm³/mol. The summed E-state index contributed by atoms with van der Waals surface area (Å²) in [5, 5.41) is 0.307. The molecule has 0 saturated carbocycles. The Morgan fingerprint density at radius 2 is 1.81 bits per heavy atom. The van der Waals surface area contributed by atoms with E-state index < -0.39 is 10.0 Å². The summed E-state index contributed by atoms with van der Waals surface area (Å²) < 4.78 is 27.7. The van der Waals surface area contributed by atoms with E-state index in [1.165, 1.54) is 12.1 Å². The SMILES string of the molecule is NC(=S)c1ccc(S(=O)(=O)Nc2cc(Br)ccc2Cl)cc1. The van der Waals surface area contributed by atoms with E-state index in [2.05, 4.69) is 20.7 Å². The third kappa shape index (κ3) is 3.94. The molecule has 2 aromatic rings. The lowest BCUT2D eigenvalue weighted by atomic mass is 10.2. The number of hydrogen-bond donors (Lipinski definition) is 2. The second-order valence-electron chi connectivity index (χ2n) is 4.12. The van der Waals surface area contributed by atoms with Gasteiger partial charge in [0, 0.05) is 10.0 Å². The zero-order valence-corrected chi connectivity index (χ0v) is 14.5. The second kappa shape index (κ2) is 6.31. The summed E-state index contributed by atoms with van der Waals surface area (Å²) in [7, 11) is -3.73. The van der Waals surface area contributed by atoms with E-state index in [-0.39, 0.29) is 9.88 Å². The summed E-state index contributed by atoms with van der Waals surface area (Å²) in [5.74, 6) is 0. The zero-order valence-electron chi connectivity index (χ0n) is 10.5. The highest BCUT2D eigenvalue weighted by Gasteiger charge is 2.16. The first kappa shape index (κ1) is 16.2. The smallest absolute Gasteiger partial charge is 0.261 e. The molecule has 0 aliphatic rings. The molecule has 0 radical (unpaired) electrons. The minimum Gasteiger partial charge on any atom is -0.389 e. The predicted octanol–water partition coefficient (Wildman–Crippen LogP) is 3.54. The van der Waals surface area contributed by atoms with Crippen LogP contribution in [0.1, 0.15) is 5.56 Å². The average Bonchev–Trinajstić information content (AvgIpc) is 2.43. The average molecular weight is 406 g/mol. The van der Waals surface area contributed by atoms with Crippen molar-refractivity contribution >= 4 is 60.4 Å². The fourth-order valence-electron chi connectivity index (χ4n) is 1.58. The van der Waals surface area contributed by atoms with Crippen molar-refractivity contribution in [1.29, 1.82) is 0 Å². The molecule has 110 valence electrons. The Kier molecular flexibility index (Phi) is 4.88. The summed E-state index contributed by atoms with van der Waals surface area (Å²) in [4.78, 5) is 0.306. The number of halogens is 2. The molecular formula is C13H10BrClN2O2S2. The Bertz CT molecular complexity index is 792. The lowest BCUT2D eigenvalue weighted by Crippen LogP contribution is -2.14. The maximum Gasteiger partial charge on any atom is 0.261 e. The first-order chi connectivity index (χ1) is 9.79. The first-order valence-corrected chi connectivity index (χ1v) is 8.73. The van der Waals surface area contributed by atoms with E-state index in [1.807, 2.05) is 0 Å². The number of hydrogen-bond acceptors (Lipinski definition) is 3. The number of benzene rings is 2. The van der Waals surface area contributed by atoms with Crippen molar-refractivity contribution in [3.63, 3.8) is 0 Å². The summed E-state index contributed by atoms with van der Waals surface area (Å²) in [5.41, 5.74) is 6.37. The van der Waals surface area contributed by atoms with Gasteiger partial charge in [-0.3, -0.25) is 4.72 Å². The number of anilines is 1. The molecule has 0 fully saturated rings. The molecule has 0 aliphatic heterocycles. The Hall–Kier alpha value is -1.15. The van der Waals surface area contributed by atoms with Crippen LogP contribution in [-0.4, -0.2) is 13.4 Å². The Labute approximate surface area is 141 Å². The highest BCUT2D eigenvalue weighted by molar-refractivity contribution is 9.10. The van der Waals surface area contributed by atoms with Crippen molar-refractivity contribution in [1.82, 2.24) is 0 Å². The number of rotatable bonds is 4. The largest absolute Gasteiger partial charge is 0.389 e. The van der Waals surface area contributed by atoms with E-state index in [9.17, 15) is 8.42 Å². The molecule has 21 heavy (non-hydrogen) atoms. The molecule has 0 amide bonds. The molecule has 0 bridgehead atoms. The van der Waals surface area contributed by atoms with Crippen molar-refractivity contribution in [3.05, 3.63) is 57.5 Å². The lowest BCUT2D eigenvalue weighted by molar-refractivity contribution is 0.601. The molecule has 2 aromatic carbocycles. The number of thiocarbonyl (C=S) groups is 1. The molecule has 3 N–H and O–H groups in total. The maximum absolute atomic E-state index is 12.3. The summed E-state index contributed by atoms with van der Waals surface area (Å²) in [6, 6.07) is 10.9. The van der Waals surface area contributed by atoms with Crippen LogP contribution < -0.4 is 10.5 Å². The summed E-state index contributed by atoms with van der Waals surface area (Å²) >= 11 is 14.1. The molecule has 0 unspecified atom stereocenters. The Balaban J connectivity index is 2.34. The van der Waals surface area contributed by atoms with Crippen LogP contribution >= 0.6 is 39.7 Å². The van der Waals surface area contributed by atoms with Crippen LogP contribution in [0.25, 0.3) is 0 Å². The van der Waals surface area contributed by atoms with Gasteiger partial charge in [-0.1, -0.05) is 51.9 Å². The molecule has 0 heterocycles. The van der Waals surface area contributed by atoms with Gasteiger partial charge in [0.2, 0.25) is 0 Å². The standard InChI is InChI=1S/C13H10BrClN2O2S2/c14-9-3-6-11(15)12(7-9)17-21(18,19)10-4-1-8(2-5-10)13(16)20/h1-7,17H,(H2,16,20). The van der Waals surface area contributed by atoms with E-state index in [4.69, 9.17) is 29.6 Å². The van der Waals surface area contributed by atoms with Crippen molar-refractivity contribution in [2.24, 2.45) is 5.73 Å². The number of sulfonamides is 1. The van der Waals surface area contributed by atoms with Crippen LogP contribution in [0, 0.1) is 0 Å². The topological polar surface area (TPSA) is 72.2 Å². The molecule has 2 rings (SSSR count). The Morgan fingerprint density at radius 1 is 1.19 bits per heavy atom. The van der Waals surface area contributed by atoms with Gasteiger partial charge in [0.25, 0.3) is 10.0 Å². The van der Waals surface area contributed by atoms with Gasteiger partial charge in [-0.25, -0.2) is 8.42 Å². The van der Waals surface area contributed by atoms with Crippen LogP contribution in [-0.2, 0) is 10.0 Å². The molecular weight excluding hydrogens is 396 g/mol. The van der Waals surface area contributed by atoms with Gasteiger partial charge < -0.3 is 5.73 Å². The van der Waals surface area contributed by atoms with Gasteiger partial charge in [-0.2, -0.15) is 0 Å². The van der Waals surface area contributed by atoms with E-state index in [0.29, 0.717) is 20.7 Å². The van der Waals surface area contributed by atoms with Crippen molar-refractivity contribution in [2.75, 3.05) is 4.72 Å². The molecule has 8 heteroatoms. The van der Waals surface area contributed by atoms with Crippen molar-refractivity contribution in [2.45, 2.75) is 4.90 Å². The molecule has 0 saturated heterocycles. The highest BCUT2D eigenvalue weighted by atomic mass is 79.9. The maximum atomic E-state index is 12.3. The fraction of sp³-hybridized carbons (Fsp3) is 0. The zero-order chi connectivity index (χ0) is 15.6. The van der Waals surface area contributed by atoms with Gasteiger partial charge in [0.15, 0.2) is 0 Å².